The summed E-state index contributed by atoms with van der Waals surface area (Å²) in [4.78, 5) is 49.4. The Labute approximate surface area is 497 Å². The molecule has 1 aliphatic heterocycles. The van der Waals surface area contributed by atoms with Gasteiger partial charge in [0.1, 0.15) is 51.1 Å². The molecular formula is C66H66N14O6. The van der Waals surface area contributed by atoms with Gasteiger partial charge in [-0.25, -0.2) is 10.5 Å². The van der Waals surface area contributed by atoms with Crippen LogP contribution in [-0.2, 0) is 24.7 Å². The van der Waals surface area contributed by atoms with Gasteiger partial charge in [0.15, 0.2) is 11.4 Å². The average molecular weight is 1150 g/mol. The number of aryl methyl sites for hydroxylation is 1. The highest BCUT2D eigenvalue weighted by Crippen LogP contribution is 2.46. The number of hydrogen-bond donors (Lipinski definition) is 7. The van der Waals surface area contributed by atoms with Crippen LogP contribution in [0.1, 0.15) is 108 Å². The fraction of sp³-hybridized carbons (Fsp3) is 0.288. The molecule has 1 fully saturated rings. The minimum atomic E-state index is -0.880. The summed E-state index contributed by atoms with van der Waals surface area (Å²) in [5.41, 5.74) is 12.2. The Bertz CT molecular complexity index is 4100. The second-order valence-electron chi connectivity index (χ2n) is 22.3. The maximum Gasteiger partial charge on any atom is 0.273 e. The van der Waals surface area contributed by atoms with Crippen molar-refractivity contribution in [3.05, 3.63) is 191 Å². The maximum absolute atomic E-state index is 15.0. The number of amides is 2. The Balaban J connectivity index is 1.00. The molecule has 7 N–H and O–H groups in total. The van der Waals surface area contributed by atoms with E-state index >= 15 is 4.79 Å². The third kappa shape index (κ3) is 12.2. The van der Waals surface area contributed by atoms with Crippen LogP contribution in [0.3, 0.4) is 0 Å². The highest BCUT2D eigenvalue weighted by Gasteiger charge is 2.39. The number of nitrogens with zero attached hydrogens (tertiary/aromatic N) is 10. The van der Waals surface area contributed by atoms with Crippen molar-refractivity contribution < 1.29 is 29.6 Å². The number of nitrogens with one attached hydrogen (secondary N) is 4. The van der Waals surface area contributed by atoms with Gasteiger partial charge in [-0.2, -0.15) is 20.4 Å². The summed E-state index contributed by atoms with van der Waals surface area (Å²) in [6.45, 7) is 4.33. The summed E-state index contributed by atoms with van der Waals surface area (Å²) in [6, 6.07) is 31.1. The predicted molar refractivity (Wildman–Crippen MR) is 326 cm³/mol. The van der Waals surface area contributed by atoms with Crippen LogP contribution in [-0.4, -0.2) is 87.1 Å². The Morgan fingerprint density at radius 3 is 2.19 bits per heavy atom. The molecule has 1 saturated carbocycles. The third-order valence-corrected chi connectivity index (χ3v) is 16.3. The van der Waals surface area contributed by atoms with E-state index in [2.05, 4.69) is 57.3 Å². The van der Waals surface area contributed by atoms with Crippen molar-refractivity contribution >= 4 is 50.3 Å². The van der Waals surface area contributed by atoms with E-state index < -0.39 is 41.5 Å². The van der Waals surface area contributed by atoms with E-state index in [-0.39, 0.29) is 53.3 Å². The van der Waals surface area contributed by atoms with Crippen LogP contribution < -0.4 is 20.7 Å². The summed E-state index contributed by atoms with van der Waals surface area (Å²) in [5.74, 6) is 1.54. The number of aromatic nitrogens is 6. The average Bonchev–Trinajstić information content (AvgIpc) is 2.76. The summed E-state index contributed by atoms with van der Waals surface area (Å²) >= 11 is 0. The van der Waals surface area contributed by atoms with Crippen molar-refractivity contribution in [2.75, 3.05) is 19.0 Å². The van der Waals surface area contributed by atoms with Crippen LogP contribution in [0.25, 0.3) is 32.7 Å². The highest BCUT2D eigenvalue weighted by atomic mass is 16.5. The lowest BCUT2D eigenvalue weighted by atomic mass is 9.81. The molecule has 86 heavy (non-hydrogen) atoms. The van der Waals surface area contributed by atoms with E-state index in [1.807, 2.05) is 98.8 Å². The molecule has 9 aromatic rings. The van der Waals surface area contributed by atoms with Gasteiger partial charge in [0.2, 0.25) is 0 Å². The monoisotopic (exact) mass is 1150 g/mol. The molecule has 5 aromatic heterocycles. The fourth-order valence-electron chi connectivity index (χ4n) is 11.6. The van der Waals surface area contributed by atoms with Crippen LogP contribution >= 0.6 is 0 Å². The Morgan fingerprint density at radius 2 is 1.50 bits per heavy atom. The van der Waals surface area contributed by atoms with Crippen molar-refractivity contribution in [1.82, 2.24) is 45.2 Å². The third-order valence-electron chi connectivity index (χ3n) is 16.3. The number of carbonyl (C=O) groups is 2. The van der Waals surface area contributed by atoms with Gasteiger partial charge in [0.25, 0.3) is 11.8 Å². The number of carbonyl (C=O) groups excluding carboxylic acids is 2. The zero-order chi connectivity index (χ0) is 60.1. The molecule has 20 heteroatoms. The number of rotatable bonds is 25. The number of fused-ring (bicyclic) bond motifs is 3. The first-order valence-corrected chi connectivity index (χ1v) is 28.7. The largest absolute Gasteiger partial charge is 0.505 e. The molecule has 4 aromatic carbocycles. The summed E-state index contributed by atoms with van der Waals surface area (Å²) in [6.07, 6.45) is 19.3. The molecule has 11 rings (SSSR count). The normalized spacial score (nSPS) is 15.3. The number of phenolic OH excluding ortho intramolecular Hbond substituents is 3. The van der Waals surface area contributed by atoms with E-state index in [4.69, 9.17) is 21.7 Å². The van der Waals surface area contributed by atoms with Gasteiger partial charge in [0, 0.05) is 109 Å². The van der Waals surface area contributed by atoms with E-state index in [9.17, 15) is 20.1 Å². The van der Waals surface area contributed by atoms with Crippen LogP contribution in [0.5, 0.6) is 23.0 Å². The molecule has 6 heterocycles. The summed E-state index contributed by atoms with van der Waals surface area (Å²) in [5, 5.41) is 65.8. The molecular weight excluding hydrogens is 1080 g/mol. The SMILES string of the molecule is C#CCCC1(CCOc2ccc(C(Nc3ccccn3)c3c(CC(C)C(c4cc(CC(C)C(NC(=O)/C(=C/NC5CC5)N=N)c5ccc6cccnc6c5O)c5cccnc5c4O)N(C)C(=O)c4ccnn4C)cc4cccnc4c3O)cc2)N=N1. The quantitative estimate of drug-likeness (QED) is 0.0160. The standard InChI is InChI=1S/C66H66N14O6/c1-6-7-26-66(77-78-66)27-33-86-47-22-17-42(18-23-47)56(74-53-16-8-9-28-68-53)54-45(36-43-14-11-30-70-58(43)63(54)83)35-40(3)60(79(4)65(85)52-25-32-73-80(52)5)50-37-44(48-15-12-31-71-59(48)62(50)82)34-39(2)55(75-64(84)51(76-67)38-72-46-20-21-46)49-24-19-41-13-10-29-69-57(41)61(49)81/h1,8-19,22-25,28-32,36-40,46,55-56,60,67,72,81-83H,7,20-21,26-27,33-35H2,2-5H3,(H,68,74)(H,75,84)/b51-38-,76-67?. The van der Waals surface area contributed by atoms with Gasteiger partial charge in [-0.3, -0.25) is 29.2 Å². The minimum absolute atomic E-state index is 0.0498. The zero-order valence-corrected chi connectivity index (χ0v) is 48.1. The molecule has 5 unspecified atom stereocenters. The molecule has 436 valence electrons. The summed E-state index contributed by atoms with van der Waals surface area (Å²) < 4.78 is 7.72. The molecule has 0 saturated heterocycles. The van der Waals surface area contributed by atoms with Crippen molar-refractivity contribution in [3.63, 3.8) is 0 Å². The lowest BCUT2D eigenvalue weighted by molar-refractivity contribution is -0.118. The molecule has 20 nitrogen and oxygen atoms in total. The van der Waals surface area contributed by atoms with Gasteiger partial charge >= 0.3 is 0 Å². The maximum atomic E-state index is 15.0. The van der Waals surface area contributed by atoms with Gasteiger partial charge in [-0.15, -0.1) is 12.3 Å². The molecule has 5 atom stereocenters. The lowest BCUT2D eigenvalue weighted by Crippen LogP contribution is -2.37. The van der Waals surface area contributed by atoms with Crippen molar-refractivity contribution in [2.45, 2.75) is 88.6 Å². The molecule has 2 aliphatic rings. The van der Waals surface area contributed by atoms with Gasteiger partial charge < -0.3 is 40.9 Å². The lowest BCUT2D eigenvalue weighted by Gasteiger charge is -2.35. The number of hydrogen-bond acceptors (Lipinski definition) is 17. The number of ether oxygens (including phenoxy) is 1. The first-order chi connectivity index (χ1) is 41.7. The number of anilines is 1. The number of phenols is 3. The smallest absolute Gasteiger partial charge is 0.273 e. The van der Waals surface area contributed by atoms with Gasteiger partial charge in [-0.05, 0) is 115 Å². The first-order valence-electron chi connectivity index (χ1n) is 28.7. The highest BCUT2D eigenvalue weighted by molar-refractivity contribution is 5.95. The van der Waals surface area contributed by atoms with Crippen molar-refractivity contribution in [3.8, 4) is 35.3 Å². The molecule has 2 amide bonds. The second kappa shape index (κ2) is 24.9. The first kappa shape index (κ1) is 57.5. The van der Waals surface area contributed by atoms with E-state index in [0.29, 0.717) is 87.0 Å². The van der Waals surface area contributed by atoms with Crippen molar-refractivity contribution in [2.24, 2.45) is 34.2 Å². The van der Waals surface area contributed by atoms with E-state index in [0.717, 1.165) is 29.5 Å². The Morgan fingerprint density at radius 1 is 0.802 bits per heavy atom. The molecule has 1 aliphatic carbocycles. The van der Waals surface area contributed by atoms with Gasteiger partial charge in [0.05, 0.1) is 24.7 Å². The number of benzene rings is 4. The van der Waals surface area contributed by atoms with E-state index in [1.165, 1.54) is 10.9 Å². The van der Waals surface area contributed by atoms with Gasteiger partial charge in [-0.1, -0.05) is 62.4 Å². The molecule has 0 bridgehead atoms. The van der Waals surface area contributed by atoms with Crippen LogP contribution in [0.2, 0.25) is 0 Å². The topological polar surface area (TPSA) is 274 Å². The minimum Gasteiger partial charge on any atom is -0.505 e. The molecule has 0 spiro atoms. The second-order valence-corrected chi connectivity index (χ2v) is 22.3. The summed E-state index contributed by atoms with van der Waals surface area (Å²) in [7, 11) is 3.39. The number of aromatic hydroxyl groups is 3. The molecule has 0 radical (unpaired) electrons. The Hall–Kier alpha value is -10.3. The van der Waals surface area contributed by atoms with Crippen LogP contribution in [0.4, 0.5) is 5.82 Å². The fourth-order valence-corrected chi connectivity index (χ4v) is 11.6. The van der Waals surface area contributed by atoms with Crippen LogP contribution in [0.15, 0.2) is 167 Å². The number of terminal acetylenes is 1. The number of pyridine rings is 4. The Kier molecular flexibility index (Phi) is 16.6. The van der Waals surface area contributed by atoms with E-state index in [1.54, 1.807) is 74.2 Å². The van der Waals surface area contributed by atoms with Crippen LogP contribution in [0, 0.1) is 29.7 Å². The van der Waals surface area contributed by atoms with Crippen molar-refractivity contribution in [1.29, 1.82) is 5.53 Å². The zero-order valence-electron chi connectivity index (χ0n) is 48.1. The predicted octanol–water partition coefficient (Wildman–Crippen LogP) is 11.5.